The summed E-state index contributed by atoms with van der Waals surface area (Å²) in [5, 5.41) is 2.51. The molecule has 4 nitrogen and oxygen atoms in total. The molecule has 0 radical (unpaired) electrons. The van der Waals surface area contributed by atoms with Gasteiger partial charge < -0.3 is 10.2 Å². The van der Waals surface area contributed by atoms with Crippen LogP contribution in [-0.2, 0) is 16.0 Å². The third kappa shape index (κ3) is 5.30. The highest BCUT2D eigenvalue weighted by atomic mass is 19.1. The van der Waals surface area contributed by atoms with Gasteiger partial charge in [0.1, 0.15) is 11.6 Å². The predicted molar refractivity (Wildman–Crippen MR) is 82.7 cm³/mol. The maximum Gasteiger partial charge on any atom is 0.241 e. The average molecular weight is 324 g/mol. The van der Waals surface area contributed by atoms with Gasteiger partial charge in [0, 0.05) is 26.1 Å². The SMILES string of the molecule is CC(=O)NCC(=O)N1CCC[C@H](CCc2ccc(F)cc2F)C1. The minimum atomic E-state index is -0.571. The summed E-state index contributed by atoms with van der Waals surface area (Å²) in [6.45, 7) is 2.72. The predicted octanol–water partition coefficient (Wildman–Crippen LogP) is 2.27. The number of nitrogens with zero attached hydrogens (tertiary/aromatic N) is 1. The normalized spacial score (nSPS) is 17.9. The molecule has 0 saturated carbocycles. The lowest BCUT2D eigenvalue weighted by Crippen LogP contribution is -2.44. The van der Waals surface area contributed by atoms with Gasteiger partial charge in [-0.2, -0.15) is 0 Å². The fourth-order valence-electron chi connectivity index (χ4n) is 2.92. The monoisotopic (exact) mass is 324 g/mol. The van der Waals surface area contributed by atoms with E-state index in [-0.39, 0.29) is 18.4 Å². The van der Waals surface area contributed by atoms with E-state index in [0.29, 0.717) is 31.0 Å². The van der Waals surface area contributed by atoms with E-state index in [1.54, 1.807) is 4.90 Å². The van der Waals surface area contributed by atoms with Gasteiger partial charge >= 0.3 is 0 Å². The first-order valence-electron chi connectivity index (χ1n) is 7.92. The zero-order chi connectivity index (χ0) is 16.8. The lowest BCUT2D eigenvalue weighted by molar-refractivity contribution is -0.134. The van der Waals surface area contributed by atoms with Crippen molar-refractivity contribution in [3.05, 3.63) is 35.4 Å². The lowest BCUT2D eigenvalue weighted by atomic mass is 9.91. The molecule has 1 aromatic rings. The number of piperidine rings is 1. The minimum absolute atomic E-state index is 0.0225. The molecular weight excluding hydrogens is 302 g/mol. The zero-order valence-corrected chi connectivity index (χ0v) is 13.3. The van der Waals surface area contributed by atoms with Gasteiger partial charge in [-0.15, -0.1) is 0 Å². The molecule has 1 heterocycles. The number of hydrogen-bond acceptors (Lipinski definition) is 2. The van der Waals surface area contributed by atoms with Crippen molar-refractivity contribution in [2.24, 2.45) is 5.92 Å². The van der Waals surface area contributed by atoms with Crippen LogP contribution in [0.3, 0.4) is 0 Å². The van der Waals surface area contributed by atoms with E-state index in [1.807, 2.05) is 0 Å². The molecule has 1 saturated heterocycles. The average Bonchev–Trinajstić information content (AvgIpc) is 2.52. The first kappa shape index (κ1) is 17.4. The number of benzene rings is 1. The van der Waals surface area contributed by atoms with E-state index < -0.39 is 11.6 Å². The molecule has 1 atom stereocenters. The summed E-state index contributed by atoms with van der Waals surface area (Å²) < 4.78 is 26.5. The van der Waals surface area contributed by atoms with Gasteiger partial charge in [0.2, 0.25) is 11.8 Å². The van der Waals surface area contributed by atoms with E-state index in [4.69, 9.17) is 0 Å². The molecule has 126 valence electrons. The molecule has 1 fully saturated rings. The summed E-state index contributed by atoms with van der Waals surface area (Å²) in [6, 6.07) is 3.65. The summed E-state index contributed by atoms with van der Waals surface area (Å²) in [6.07, 6.45) is 3.19. The number of amides is 2. The Kier molecular flexibility index (Phi) is 6.07. The third-order valence-corrected chi connectivity index (χ3v) is 4.20. The number of halogens is 2. The zero-order valence-electron chi connectivity index (χ0n) is 13.3. The van der Waals surface area contributed by atoms with Crippen LogP contribution in [0.1, 0.15) is 31.7 Å². The number of likely N-dealkylation sites (tertiary alicyclic amines) is 1. The van der Waals surface area contributed by atoms with E-state index in [1.165, 1.54) is 19.1 Å². The molecular formula is C17H22F2N2O2. The van der Waals surface area contributed by atoms with Crippen molar-refractivity contribution in [2.75, 3.05) is 19.6 Å². The second kappa shape index (κ2) is 8.04. The van der Waals surface area contributed by atoms with Crippen molar-refractivity contribution in [2.45, 2.75) is 32.6 Å². The first-order valence-corrected chi connectivity index (χ1v) is 7.92. The van der Waals surface area contributed by atoms with Crippen molar-refractivity contribution in [3.8, 4) is 0 Å². The fraction of sp³-hybridized carbons (Fsp3) is 0.529. The second-order valence-corrected chi connectivity index (χ2v) is 6.03. The van der Waals surface area contributed by atoms with Gasteiger partial charge in [-0.1, -0.05) is 6.07 Å². The smallest absolute Gasteiger partial charge is 0.241 e. The Balaban J connectivity index is 1.84. The number of nitrogens with one attached hydrogen (secondary N) is 1. The fourth-order valence-corrected chi connectivity index (χ4v) is 2.92. The van der Waals surface area contributed by atoms with Crippen molar-refractivity contribution in [3.63, 3.8) is 0 Å². The number of carbonyl (C=O) groups excluding carboxylic acids is 2. The van der Waals surface area contributed by atoms with Crippen LogP contribution in [0.5, 0.6) is 0 Å². The highest BCUT2D eigenvalue weighted by Gasteiger charge is 2.23. The summed E-state index contributed by atoms with van der Waals surface area (Å²) in [7, 11) is 0. The Labute approximate surface area is 134 Å². The van der Waals surface area contributed by atoms with Gasteiger partial charge in [0.25, 0.3) is 0 Å². The first-order chi connectivity index (χ1) is 11.0. The van der Waals surface area contributed by atoms with E-state index in [0.717, 1.165) is 25.3 Å². The van der Waals surface area contributed by atoms with Gasteiger partial charge in [0.05, 0.1) is 6.54 Å². The molecule has 1 aromatic carbocycles. The maximum absolute atomic E-state index is 13.6. The van der Waals surface area contributed by atoms with Crippen LogP contribution in [0, 0.1) is 17.6 Å². The van der Waals surface area contributed by atoms with Crippen LogP contribution in [0.4, 0.5) is 8.78 Å². The van der Waals surface area contributed by atoms with Crippen molar-refractivity contribution >= 4 is 11.8 Å². The van der Waals surface area contributed by atoms with Crippen LogP contribution in [-0.4, -0.2) is 36.3 Å². The lowest BCUT2D eigenvalue weighted by Gasteiger charge is -2.33. The number of aryl methyl sites for hydroxylation is 1. The summed E-state index contributed by atoms with van der Waals surface area (Å²) in [5.74, 6) is -1.09. The van der Waals surface area contributed by atoms with Crippen LogP contribution in [0.2, 0.25) is 0 Å². The molecule has 2 rings (SSSR count). The Hall–Kier alpha value is -1.98. The molecule has 1 N–H and O–H groups in total. The Morgan fingerprint density at radius 1 is 1.35 bits per heavy atom. The Bertz CT molecular complexity index is 578. The molecule has 0 bridgehead atoms. The van der Waals surface area contributed by atoms with Crippen LogP contribution in [0.25, 0.3) is 0 Å². The largest absolute Gasteiger partial charge is 0.347 e. The number of hydrogen-bond donors (Lipinski definition) is 1. The topological polar surface area (TPSA) is 49.4 Å². The molecule has 1 aliphatic rings. The van der Waals surface area contributed by atoms with E-state index in [9.17, 15) is 18.4 Å². The quantitative estimate of drug-likeness (QED) is 0.903. The number of carbonyl (C=O) groups is 2. The van der Waals surface area contributed by atoms with Gasteiger partial charge in [-0.3, -0.25) is 9.59 Å². The highest BCUT2D eigenvalue weighted by Crippen LogP contribution is 2.22. The molecule has 2 amide bonds. The van der Waals surface area contributed by atoms with Crippen LogP contribution < -0.4 is 5.32 Å². The highest BCUT2D eigenvalue weighted by molar-refractivity contribution is 5.83. The van der Waals surface area contributed by atoms with Crippen molar-refractivity contribution < 1.29 is 18.4 Å². The molecule has 0 aliphatic carbocycles. The third-order valence-electron chi connectivity index (χ3n) is 4.20. The van der Waals surface area contributed by atoms with Gasteiger partial charge in [-0.05, 0) is 43.2 Å². The summed E-state index contributed by atoms with van der Waals surface area (Å²) in [5.41, 5.74) is 0.507. The molecule has 0 unspecified atom stereocenters. The second-order valence-electron chi connectivity index (χ2n) is 6.03. The minimum Gasteiger partial charge on any atom is -0.347 e. The van der Waals surface area contributed by atoms with Gasteiger partial charge in [-0.25, -0.2) is 8.78 Å². The molecule has 0 spiro atoms. The molecule has 6 heteroatoms. The molecule has 1 aliphatic heterocycles. The van der Waals surface area contributed by atoms with Gasteiger partial charge in [0.15, 0.2) is 0 Å². The summed E-state index contributed by atoms with van der Waals surface area (Å²) in [4.78, 5) is 24.6. The maximum atomic E-state index is 13.6. The standard InChI is InChI=1S/C17H22F2N2O2/c1-12(22)20-10-17(23)21-8-2-3-13(11-21)4-5-14-6-7-15(18)9-16(14)19/h6-7,9,13H,2-5,8,10-11H2,1H3,(H,20,22)/t13-/m1/s1. The van der Waals surface area contributed by atoms with Crippen LogP contribution >= 0.6 is 0 Å². The van der Waals surface area contributed by atoms with Crippen molar-refractivity contribution in [1.82, 2.24) is 10.2 Å². The van der Waals surface area contributed by atoms with Crippen LogP contribution in [0.15, 0.2) is 18.2 Å². The molecule has 23 heavy (non-hydrogen) atoms. The number of rotatable bonds is 5. The Morgan fingerprint density at radius 2 is 2.13 bits per heavy atom. The molecule has 0 aromatic heterocycles. The Morgan fingerprint density at radius 3 is 2.83 bits per heavy atom. The van der Waals surface area contributed by atoms with E-state index in [2.05, 4.69) is 5.32 Å². The van der Waals surface area contributed by atoms with E-state index >= 15 is 0 Å². The van der Waals surface area contributed by atoms with Crippen molar-refractivity contribution in [1.29, 1.82) is 0 Å². The summed E-state index contributed by atoms with van der Waals surface area (Å²) >= 11 is 0.